The van der Waals surface area contributed by atoms with Crippen molar-refractivity contribution in [3.05, 3.63) is 0 Å². The van der Waals surface area contributed by atoms with E-state index in [-0.39, 0.29) is 0 Å². The number of ether oxygens (including phenoxy) is 1. The minimum atomic E-state index is 0.399. The van der Waals surface area contributed by atoms with Crippen LogP contribution in [-0.4, -0.2) is 49.3 Å². The Morgan fingerprint density at radius 1 is 1.19 bits per heavy atom. The molecule has 1 N–H and O–H groups in total. The third kappa shape index (κ3) is 2.13. The van der Waals surface area contributed by atoms with Gasteiger partial charge in [-0.3, -0.25) is 4.90 Å². The highest BCUT2D eigenvalue weighted by molar-refractivity contribution is 5.02. The van der Waals surface area contributed by atoms with E-state index in [0.717, 1.165) is 25.2 Å². The van der Waals surface area contributed by atoms with E-state index in [1.165, 1.54) is 45.3 Å². The van der Waals surface area contributed by atoms with E-state index < -0.39 is 0 Å². The average Bonchev–Trinajstić information content (AvgIpc) is 3.14. The smallest absolute Gasteiger partial charge is 0.0480 e. The van der Waals surface area contributed by atoms with Crippen molar-refractivity contribution in [1.29, 1.82) is 0 Å². The molecule has 3 aliphatic rings. The van der Waals surface area contributed by atoms with Crippen LogP contribution < -0.4 is 5.32 Å². The molecule has 0 aromatic carbocycles. The Balaban J connectivity index is 1.62. The lowest BCUT2D eigenvalue weighted by molar-refractivity contribution is 0.00897. The van der Waals surface area contributed by atoms with Crippen LogP contribution in [0.5, 0.6) is 0 Å². The first kappa shape index (κ1) is 11.0. The van der Waals surface area contributed by atoms with Crippen molar-refractivity contribution in [2.45, 2.75) is 44.2 Å². The van der Waals surface area contributed by atoms with Gasteiger partial charge in [0.25, 0.3) is 0 Å². The van der Waals surface area contributed by atoms with Gasteiger partial charge in [-0.05, 0) is 38.5 Å². The van der Waals surface area contributed by atoms with Crippen LogP contribution >= 0.6 is 0 Å². The van der Waals surface area contributed by atoms with Gasteiger partial charge in [0.2, 0.25) is 0 Å². The largest absolute Gasteiger partial charge is 0.381 e. The third-order valence-electron chi connectivity index (χ3n) is 4.65. The molecule has 3 rings (SSSR count). The molecule has 0 spiro atoms. The van der Waals surface area contributed by atoms with E-state index in [9.17, 15) is 0 Å². The van der Waals surface area contributed by atoms with Crippen LogP contribution in [-0.2, 0) is 4.74 Å². The second kappa shape index (κ2) is 4.28. The van der Waals surface area contributed by atoms with Crippen molar-refractivity contribution in [2.75, 3.05) is 32.8 Å². The van der Waals surface area contributed by atoms with Gasteiger partial charge in [0.05, 0.1) is 0 Å². The van der Waals surface area contributed by atoms with Gasteiger partial charge in [0.1, 0.15) is 0 Å². The molecule has 3 fully saturated rings. The maximum atomic E-state index is 5.46. The van der Waals surface area contributed by atoms with Crippen LogP contribution in [0.2, 0.25) is 0 Å². The van der Waals surface area contributed by atoms with Gasteiger partial charge in [-0.25, -0.2) is 0 Å². The molecule has 1 unspecified atom stereocenters. The minimum Gasteiger partial charge on any atom is -0.381 e. The van der Waals surface area contributed by atoms with Gasteiger partial charge in [-0.15, -0.1) is 0 Å². The fourth-order valence-electron chi connectivity index (χ4n) is 3.40. The van der Waals surface area contributed by atoms with Crippen molar-refractivity contribution in [2.24, 2.45) is 5.92 Å². The molecule has 0 radical (unpaired) electrons. The van der Waals surface area contributed by atoms with E-state index in [1.807, 2.05) is 0 Å². The first-order valence-corrected chi connectivity index (χ1v) is 6.85. The Morgan fingerprint density at radius 2 is 1.94 bits per heavy atom. The van der Waals surface area contributed by atoms with Crippen LogP contribution in [0, 0.1) is 5.92 Å². The van der Waals surface area contributed by atoms with E-state index in [1.54, 1.807) is 0 Å². The summed E-state index contributed by atoms with van der Waals surface area (Å²) in [6, 6.07) is 0.786. The summed E-state index contributed by atoms with van der Waals surface area (Å²) in [7, 11) is 0. The molecular formula is C13H24N2O. The molecule has 1 saturated carbocycles. The molecule has 1 atom stereocenters. The molecule has 0 aromatic heterocycles. The van der Waals surface area contributed by atoms with Gasteiger partial charge >= 0.3 is 0 Å². The Hall–Kier alpha value is -0.120. The van der Waals surface area contributed by atoms with E-state index in [2.05, 4.69) is 17.1 Å². The number of nitrogens with zero attached hydrogens (tertiary/aromatic N) is 1. The summed E-state index contributed by atoms with van der Waals surface area (Å²) in [5.41, 5.74) is 0.399. The van der Waals surface area contributed by atoms with Crippen molar-refractivity contribution in [1.82, 2.24) is 10.2 Å². The molecule has 1 aliphatic carbocycles. The summed E-state index contributed by atoms with van der Waals surface area (Å²) in [6.07, 6.45) is 5.34. The highest BCUT2D eigenvalue weighted by Crippen LogP contribution is 2.41. The topological polar surface area (TPSA) is 24.5 Å². The Labute approximate surface area is 98.5 Å². The first-order valence-electron chi connectivity index (χ1n) is 6.85. The number of rotatable bonds is 2. The standard InChI is InChI=1S/C13H24N2O/c1-13(11-2-3-11)10-15(7-6-14-13)12-4-8-16-9-5-12/h11-12,14H,2-10H2,1H3. The first-order chi connectivity index (χ1) is 7.78. The van der Waals surface area contributed by atoms with Crippen LogP contribution in [0.3, 0.4) is 0 Å². The van der Waals surface area contributed by atoms with Crippen LogP contribution in [0.4, 0.5) is 0 Å². The average molecular weight is 224 g/mol. The summed E-state index contributed by atoms with van der Waals surface area (Å²) >= 11 is 0. The van der Waals surface area contributed by atoms with Crippen molar-refractivity contribution < 1.29 is 4.74 Å². The molecule has 3 nitrogen and oxygen atoms in total. The van der Waals surface area contributed by atoms with E-state index >= 15 is 0 Å². The lowest BCUT2D eigenvalue weighted by Crippen LogP contribution is -2.62. The maximum absolute atomic E-state index is 5.46. The van der Waals surface area contributed by atoms with E-state index in [0.29, 0.717) is 5.54 Å². The van der Waals surface area contributed by atoms with Crippen molar-refractivity contribution >= 4 is 0 Å². The van der Waals surface area contributed by atoms with Crippen LogP contribution in [0.1, 0.15) is 32.6 Å². The molecule has 92 valence electrons. The van der Waals surface area contributed by atoms with Gasteiger partial charge in [-0.2, -0.15) is 0 Å². The molecule has 2 saturated heterocycles. The number of hydrogen-bond acceptors (Lipinski definition) is 3. The summed E-state index contributed by atoms with van der Waals surface area (Å²) < 4.78 is 5.46. The maximum Gasteiger partial charge on any atom is 0.0480 e. The predicted molar refractivity (Wildman–Crippen MR) is 64.5 cm³/mol. The van der Waals surface area contributed by atoms with Gasteiger partial charge in [0, 0.05) is 44.4 Å². The summed E-state index contributed by atoms with van der Waals surface area (Å²) in [4.78, 5) is 2.72. The molecule has 0 aromatic rings. The predicted octanol–water partition coefficient (Wildman–Crippen LogP) is 1.24. The number of hydrogen-bond donors (Lipinski definition) is 1. The molecule has 0 bridgehead atoms. The zero-order chi connectivity index (χ0) is 11.0. The molecule has 0 amide bonds. The van der Waals surface area contributed by atoms with E-state index in [4.69, 9.17) is 4.74 Å². The normalized spacial score (nSPS) is 38.8. The summed E-state index contributed by atoms with van der Waals surface area (Å²) in [5, 5.41) is 3.75. The molecule has 2 aliphatic heterocycles. The molecule has 3 heteroatoms. The monoisotopic (exact) mass is 224 g/mol. The van der Waals surface area contributed by atoms with Gasteiger partial charge < -0.3 is 10.1 Å². The van der Waals surface area contributed by atoms with Crippen LogP contribution in [0.25, 0.3) is 0 Å². The number of nitrogens with one attached hydrogen (secondary N) is 1. The fraction of sp³-hybridized carbons (Fsp3) is 1.00. The zero-order valence-electron chi connectivity index (χ0n) is 10.4. The van der Waals surface area contributed by atoms with Crippen molar-refractivity contribution in [3.8, 4) is 0 Å². The molecule has 2 heterocycles. The lowest BCUT2D eigenvalue weighted by Gasteiger charge is -2.46. The van der Waals surface area contributed by atoms with Crippen LogP contribution in [0.15, 0.2) is 0 Å². The molecule has 16 heavy (non-hydrogen) atoms. The van der Waals surface area contributed by atoms with Gasteiger partial charge in [-0.1, -0.05) is 0 Å². The lowest BCUT2D eigenvalue weighted by atomic mass is 9.91. The Kier molecular flexibility index (Phi) is 2.94. The summed E-state index contributed by atoms with van der Waals surface area (Å²) in [6.45, 7) is 8.01. The fourth-order valence-corrected chi connectivity index (χ4v) is 3.40. The Morgan fingerprint density at radius 3 is 2.62 bits per heavy atom. The Bertz CT molecular complexity index is 248. The molecular weight excluding hydrogens is 200 g/mol. The highest BCUT2D eigenvalue weighted by atomic mass is 16.5. The zero-order valence-corrected chi connectivity index (χ0v) is 10.4. The quantitative estimate of drug-likeness (QED) is 0.764. The van der Waals surface area contributed by atoms with Crippen molar-refractivity contribution in [3.63, 3.8) is 0 Å². The summed E-state index contributed by atoms with van der Waals surface area (Å²) in [5.74, 6) is 0.940. The highest BCUT2D eigenvalue weighted by Gasteiger charge is 2.44. The third-order valence-corrected chi connectivity index (χ3v) is 4.65. The minimum absolute atomic E-state index is 0.399. The SMILES string of the molecule is CC1(C2CC2)CN(C2CCOCC2)CCN1. The second-order valence-electron chi connectivity index (χ2n) is 5.93. The number of piperazine rings is 1. The second-order valence-corrected chi connectivity index (χ2v) is 5.93. The van der Waals surface area contributed by atoms with Gasteiger partial charge in [0.15, 0.2) is 0 Å².